The minimum Gasteiger partial charge on any atom is -0.488 e. The maximum absolute atomic E-state index is 14.5. The smallest absolute Gasteiger partial charge is 0.253 e. The molecule has 184 valence electrons. The molecule has 1 aliphatic rings. The van der Waals surface area contributed by atoms with Crippen molar-refractivity contribution < 1.29 is 27.9 Å². The van der Waals surface area contributed by atoms with Crippen molar-refractivity contribution in [1.29, 1.82) is 5.41 Å². The van der Waals surface area contributed by atoms with Gasteiger partial charge in [-0.2, -0.15) is 0 Å². The molecule has 1 amide bonds. The summed E-state index contributed by atoms with van der Waals surface area (Å²) in [5.74, 6) is -0.580. The SMILES string of the molecule is COCCOc1cc(N)c(C(=N)c2cc(-c3ccc(C(=O)N4CCCOCC4)cc3)no2)cc1F. The summed E-state index contributed by atoms with van der Waals surface area (Å²) < 4.78 is 35.4. The summed E-state index contributed by atoms with van der Waals surface area (Å²) in [5.41, 5.74) is 8.02. The number of halogens is 1. The number of rotatable bonds is 8. The average molecular weight is 483 g/mol. The molecular formula is C25H27FN4O5. The molecule has 0 spiro atoms. The Kier molecular flexibility index (Phi) is 7.74. The van der Waals surface area contributed by atoms with Gasteiger partial charge in [0.15, 0.2) is 17.3 Å². The summed E-state index contributed by atoms with van der Waals surface area (Å²) >= 11 is 0. The van der Waals surface area contributed by atoms with Crippen LogP contribution in [-0.2, 0) is 9.47 Å². The Morgan fingerprint density at radius 1 is 1.17 bits per heavy atom. The molecular weight excluding hydrogens is 455 g/mol. The van der Waals surface area contributed by atoms with Gasteiger partial charge in [-0.25, -0.2) is 4.39 Å². The molecule has 1 saturated heterocycles. The molecule has 2 aromatic carbocycles. The second-order valence-corrected chi connectivity index (χ2v) is 8.00. The van der Waals surface area contributed by atoms with Crippen molar-refractivity contribution >= 4 is 17.3 Å². The Morgan fingerprint density at radius 2 is 1.97 bits per heavy atom. The second kappa shape index (κ2) is 11.1. The van der Waals surface area contributed by atoms with Crippen LogP contribution in [0.4, 0.5) is 10.1 Å². The van der Waals surface area contributed by atoms with E-state index < -0.39 is 5.82 Å². The van der Waals surface area contributed by atoms with E-state index >= 15 is 0 Å². The molecule has 0 aliphatic carbocycles. The number of amides is 1. The van der Waals surface area contributed by atoms with Crippen LogP contribution in [0.1, 0.15) is 28.1 Å². The lowest BCUT2D eigenvalue weighted by Gasteiger charge is -2.19. The third-order valence-electron chi connectivity index (χ3n) is 5.61. The minimum atomic E-state index is -0.647. The standard InChI is InChI=1S/C25H27FN4O5/c1-32-11-12-34-22-14-20(27)18(13-19(22)26)24(28)23-15-21(29-35-23)16-3-5-17(6-4-16)25(31)30-7-2-9-33-10-8-30/h3-6,13-15,28H,2,7-12,27H2,1H3. The predicted octanol–water partition coefficient (Wildman–Crippen LogP) is 3.37. The van der Waals surface area contributed by atoms with Gasteiger partial charge in [-0.1, -0.05) is 17.3 Å². The van der Waals surface area contributed by atoms with E-state index in [0.29, 0.717) is 49.7 Å². The molecule has 4 rings (SSSR count). The molecule has 10 heteroatoms. The molecule has 0 unspecified atom stereocenters. The van der Waals surface area contributed by atoms with Gasteiger partial charge in [0.1, 0.15) is 18.0 Å². The summed E-state index contributed by atoms with van der Waals surface area (Å²) in [6.07, 6.45) is 0.815. The van der Waals surface area contributed by atoms with E-state index in [-0.39, 0.29) is 41.0 Å². The number of ether oxygens (including phenoxy) is 3. The molecule has 0 atom stereocenters. The number of carbonyl (C=O) groups excluding carboxylic acids is 1. The summed E-state index contributed by atoms with van der Waals surface area (Å²) in [6, 6.07) is 11.1. The van der Waals surface area contributed by atoms with E-state index in [1.54, 1.807) is 35.2 Å². The van der Waals surface area contributed by atoms with Gasteiger partial charge in [-0.05, 0) is 24.6 Å². The van der Waals surface area contributed by atoms with Crippen LogP contribution in [0.3, 0.4) is 0 Å². The summed E-state index contributed by atoms with van der Waals surface area (Å²) in [5, 5.41) is 12.5. The lowest BCUT2D eigenvalue weighted by Crippen LogP contribution is -2.33. The fraction of sp³-hybridized carbons (Fsp3) is 0.320. The Bertz CT molecular complexity index is 1190. The van der Waals surface area contributed by atoms with Crippen molar-refractivity contribution in [2.24, 2.45) is 0 Å². The number of nitrogens with two attached hydrogens (primary N) is 1. The Balaban J connectivity index is 1.47. The first kappa shape index (κ1) is 24.4. The van der Waals surface area contributed by atoms with Gasteiger partial charge >= 0.3 is 0 Å². The van der Waals surface area contributed by atoms with Crippen LogP contribution >= 0.6 is 0 Å². The molecule has 35 heavy (non-hydrogen) atoms. The molecule has 0 saturated carbocycles. The van der Waals surface area contributed by atoms with Gasteiger partial charge < -0.3 is 29.4 Å². The Hall–Kier alpha value is -3.76. The monoisotopic (exact) mass is 482 g/mol. The van der Waals surface area contributed by atoms with E-state index in [1.807, 2.05) is 0 Å². The zero-order chi connectivity index (χ0) is 24.8. The maximum atomic E-state index is 14.5. The molecule has 3 N–H and O–H groups in total. The normalized spacial score (nSPS) is 13.9. The number of nitrogens with zero attached hydrogens (tertiary/aromatic N) is 2. The third-order valence-corrected chi connectivity index (χ3v) is 5.61. The zero-order valence-electron chi connectivity index (χ0n) is 19.4. The highest BCUT2D eigenvalue weighted by Crippen LogP contribution is 2.28. The quantitative estimate of drug-likeness (QED) is 0.287. The zero-order valence-corrected chi connectivity index (χ0v) is 19.4. The Labute approximate surface area is 202 Å². The van der Waals surface area contributed by atoms with E-state index in [2.05, 4.69) is 5.16 Å². The van der Waals surface area contributed by atoms with Crippen molar-refractivity contribution in [2.75, 3.05) is 52.4 Å². The number of aromatic nitrogens is 1. The van der Waals surface area contributed by atoms with Crippen LogP contribution in [0.15, 0.2) is 47.0 Å². The summed E-state index contributed by atoms with van der Waals surface area (Å²) in [4.78, 5) is 14.5. The van der Waals surface area contributed by atoms with E-state index in [0.717, 1.165) is 12.5 Å². The highest BCUT2D eigenvalue weighted by atomic mass is 19.1. The topological polar surface area (TPSA) is 124 Å². The van der Waals surface area contributed by atoms with Crippen LogP contribution in [0.25, 0.3) is 11.3 Å². The van der Waals surface area contributed by atoms with Crippen LogP contribution < -0.4 is 10.5 Å². The number of nitrogens with one attached hydrogen (secondary N) is 1. The number of anilines is 1. The highest BCUT2D eigenvalue weighted by Gasteiger charge is 2.20. The molecule has 0 radical (unpaired) electrons. The lowest BCUT2D eigenvalue weighted by molar-refractivity contribution is 0.0741. The van der Waals surface area contributed by atoms with Gasteiger partial charge in [0.05, 0.1) is 13.2 Å². The average Bonchev–Trinajstić information content (AvgIpc) is 3.21. The molecule has 1 aromatic heterocycles. The van der Waals surface area contributed by atoms with Crippen LogP contribution in [-0.4, -0.2) is 68.3 Å². The molecule has 9 nitrogen and oxygen atoms in total. The van der Waals surface area contributed by atoms with Crippen molar-refractivity contribution in [2.45, 2.75) is 6.42 Å². The largest absolute Gasteiger partial charge is 0.488 e. The minimum absolute atomic E-state index is 0.0169. The number of hydrogen-bond acceptors (Lipinski definition) is 8. The first-order valence-electron chi connectivity index (χ1n) is 11.2. The fourth-order valence-electron chi connectivity index (χ4n) is 3.71. The van der Waals surface area contributed by atoms with Crippen molar-refractivity contribution in [1.82, 2.24) is 10.1 Å². The van der Waals surface area contributed by atoms with Gasteiger partial charge in [0, 0.05) is 61.3 Å². The van der Waals surface area contributed by atoms with E-state index in [1.165, 1.54) is 13.2 Å². The molecule has 1 fully saturated rings. The lowest BCUT2D eigenvalue weighted by atomic mass is 10.0. The first-order valence-corrected chi connectivity index (χ1v) is 11.2. The van der Waals surface area contributed by atoms with Crippen molar-refractivity contribution in [3.8, 4) is 17.0 Å². The fourth-order valence-corrected chi connectivity index (χ4v) is 3.71. The number of benzene rings is 2. The number of carbonyl (C=O) groups is 1. The highest BCUT2D eigenvalue weighted by molar-refractivity contribution is 6.12. The van der Waals surface area contributed by atoms with Crippen LogP contribution in [0, 0.1) is 11.2 Å². The summed E-state index contributed by atoms with van der Waals surface area (Å²) in [6.45, 7) is 2.91. The molecule has 3 aromatic rings. The maximum Gasteiger partial charge on any atom is 0.253 e. The second-order valence-electron chi connectivity index (χ2n) is 8.00. The van der Waals surface area contributed by atoms with Crippen LogP contribution in [0.2, 0.25) is 0 Å². The van der Waals surface area contributed by atoms with Gasteiger partial charge in [-0.3, -0.25) is 10.2 Å². The first-order chi connectivity index (χ1) is 17.0. The third kappa shape index (κ3) is 5.67. The van der Waals surface area contributed by atoms with E-state index in [4.69, 9.17) is 29.9 Å². The molecule has 1 aliphatic heterocycles. The van der Waals surface area contributed by atoms with Crippen molar-refractivity contribution in [3.63, 3.8) is 0 Å². The van der Waals surface area contributed by atoms with Gasteiger partial charge in [-0.15, -0.1) is 0 Å². The molecule has 2 heterocycles. The number of nitrogen functional groups attached to an aromatic ring is 1. The molecule has 0 bridgehead atoms. The van der Waals surface area contributed by atoms with Crippen LogP contribution in [0.5, 0.6) is 5.75 Å². The predicted molar refractivity (Wildman–Crippen MR) is 127 cm³/mol. The summed E-state index contributed by atoms with van der Waals surface area (Å²) in [7, 11) is 1.52. The Morgan fingerprint density at radius 3 is 2.74 bits per heavy atom. The number of methoxy groups -OCH3 is 1. The number of hydrogen-bond donors (Lipinski definition) is 2. The van der Waals surface area contributed by atoms with E-state index in [9.17, 15) is 9.18 Å². The van der Waals surface area contributed by atoms with Gasteiger partial charge in [0.2, 0.25) is 0 Å². The van der Waals surface area contributed by atoms with Crippen molar-refractivity contribution in [3.05, 3.63) is 65.2 Å². The van der Waals surface area contributed by atoms with Gasteiger partial charge in [0.25, 0.3) is 5.91 Å².